The highest BCUT2D eigenvalue weighted by Crippen LogP contribution is 2.29. The highest BCUT2D eigenvalue weighted by Gasteiger charge is 2.35. The Labute approximate surface area is 210 Å². The van der Waals surface area contributed by atoms with Gasteiger partial charge in [0.1, 0.15) is 6.54 Å². The van der Waals surface area contributed by atoms with Gasteiger partial charge in [0.25, 0.3) is 5.91 Å². The topological polar surface area (TPSA) is 69.6 Å². The third-order valence-electron chi connectivity index (χ3n) is 6.61. The van der Waals surface area contributed by atoms with E-state index in [0.29, 0.717) is 36.8 Å². The van der Waals surface area contributed by atoms with Gasteiger partial charge < -0.3 is 14.7 Å². The van der Waals surface area contributed by atoms with Gasteiger partial charge in [0.05, 0.1) is 10.7 Å². The molecule has 1 saturated heterocycles. The summed E-state index contributed by atoms with van der Waals surface area (Å²) in [5.74, 6) is 0.715. The lowest BCUT2D eigenvalue weighted by Gasteiger charge is -2.36. The second-order valence-corrected chi connectivity index (χ2v) is 9.56. The van der Waals surface area contributed by atoms with Gasteiger partial charge in [0, 0.05) is 43.3 Å². The predicted octanol–water partition coefficient (Wildman–Crippen LogP) is 4.06. The molecule has 1 saturated carbocycles. The van der Waals surface area contributed by atoms with Gasteiger partial charge >= 0.3 is 0 Å². The summed E-state index contributed by atoms with van der Waals surface area (Å²) in [6.07, 6.45) is 1.92. The number of hydrogen-bond acceptors (Lipinski definition) is 5. The molecule has 2 aliphatic rings. The molecule has 1 aliphatic heterocycles. The number of amides is 2. The molecule has 0 spiro atoms. The van der Waals surface area contributed by atoms with E-state index in [-0.39, 0.29) is 24.4 Å². The molecule has 180 valence electrons. The predicted molar refractivity (Wildman–Crippen MR) is 137 cm³/mol. The van der Waals surface area contributed by atoms with E-state index < -0.39 is 0 Å². The van der Waals surface area contributed by atoms with Crippen LogP contribution in [-0.2, 0) is 4.79 Å². The molecule has 5 rings (SSSR count). The van der Waals surface area contributed by atoms with Crippen LogP contribution in [0.25, 0.3) is 11.3 Å². The summed E-state index contributed by atoms with van der Waals surface area (Å²) in [6.45, 7) is 4.63. The minimum Gasteiger partial charge on any atom is -0.352 e. The highest BCUT2D eigenvalue weighted by molar-refractivity contribution is 6.33. The highest BCUT2D eigenvalue weighted by atomic mass is 35.5. The minimum atomic E-state index is -0.0617. The Balaban J connectivity index is 1.18. The Bertz CT molecular complexity index is 1200. The molecule has 2 fully saturated rings. The zero-order valence-electron chi connectivity index (χ0n) is 19.7. The number of rotatable bonds is 6. The molecular weight excluding hydrogens is 462 g/mol. The number of carbonyl (C=O) groups is 2. The second-order valence-electron chi connectivity index (χ2n) is 9.15. The lowest BCUT2D eigenvalue weighted by atomic mass is 10.1. The molecule has 1 aromatic heterocycles. The number of piperazine rings is 1. The molecule has 0 unspecified atom stereocenters. The van der Waals surface area contributed by atoms with E-state index in [1.54, 1.807) is 4.90 Å². The number of carbonyl (C=O) groups excluding carboxylic acids is 2. The van der Waals surface area contributed by atoms with Gasteiger partial charge in [-0.25, -0.2) is 0 Å². The van der Waals surface area contributed by atoms with E-state index in [9.17, 15) is 9.59 Å². The van der Waals surface area contributed by atoms with Gasteiger partial charge in [-0.1, -0.05) is 47.5 Å². The Morgan fingerprint density at radius 1 is 0.943 bits per heavy atom. The van der Waals surface area contributed by atoms with E-state index in [1.165, 1.54) is 0 Å². The van der Waals surface area contributed by atoms with Crippen molar-refractivity contribution in [3.63, 3.8) is 0 Å². The standard InChI is InChI=1S/C27H28ClN5O2/c1-19-6-8-20(9-7-19)27(35)33(21-10-11-21)18-26(34)32-16-14-31(15-17-32)25-13-12-24(29-30-25)22-4-2-3-5-23(22)28/h2-9,12-13,21H,10-11,14-18H2,1H3. The minimum absolute atomic E-state index is 0.00263. The number of anilines is 1. The molecule has 35 heavy (non-hydrogen) atoms. The maximum atomic E-state index is 13.1. The SMILES string of the molecule is Cc1ccc(C(=O)N(CC(=O)N2CCN(c3ccc(-c4ccccc4Cl)nn3)CC2)C2CC2)cc1. The van der Waals surface area contributed by atoms with Gasteiger partial charge in [-0.3, -0.25) is 9.59 Å². The van der Waals surface area contributed by atoms with Crippen LogP contribution in [0.15, 0.2) is 60.7 Å². The lowest BCUT2D eigenvalue weighted by Crippen LogP contribution is -2.52. The summed E-state index contributed by atoms with van der Waals surface area (Å²) in [5, 5.41) is 9.39. The van der Waals surface area contributed by atoms with E-state index in [2.05, 4.69) is 15.1 Å². The molecule has 8 heteroatoms. The third-order valence-corrected chi connectivity index (χ3v) is 6.94. The molecule has 7 nitrogen and oxygen atoms in total. The molecule has 2 aromatic carbocycles. The Kier molecular flexibility index (Phi) is 6.68. The smallest absolute Gasteiger partial charge is 0.254 e. The molecule has 0 N–H and O–H groups in total. The molecule has 0 radical (unpaired) electrons. The summed E-state index contributed by atoms with van der Waals surface area (Å²) < 4.78 is 0. The molecule has 1 aliphatic carbocycles. The van der Waals surface area contributed by atoms with Crippen molar-refractivity contribution in [2.75, 3.05) is 37.6 Å². The zero-order valence-corrected chi connectivity index (χ0v) is 20.5. The van der Waals surface area contributed by atoms with E-state index in [4.69, 9.17) is 11.6 Å². The van der Waals surface area contributed by atoms with Crippen LogP contribution >= 0.6 is 11.6 Å². The number of halogens is 1. The maximum Gasteiger partial charge on any atom is 0.254 e. The van der Waals surface area contributed by atoms with Crippen molar-refractivity contribution in [3.8, 4) is 11.3 Å². The van der Waals surface area contributed by atoms with Gasteiger partial charge in [0.2, 0.25) is 5.91 Å². The van der Waals surface area contributed by atoms with Crippen LogP contribution < -0.4 is 4.90 Å². The van der Waals surface area contributed by atoms with Crippen molar-refractivity contribution < 1.29 is 9.59 Å². The molecule has 3 aromatic rings. The van der Waals surface area contributed by atoms with Crippen molar-refractivity contribution >= 4 is 29.2 Å². The van der Waals surface area contributed by atoms with Gasteiger partial charge in [-0.05, 0) is 50.1 Å². The normalized spacial score (nSPS) is 15.7. The van der Waals surface area contributed by atoms with Crippen molar-refractivity contribution in [3.05, 3.63) is 76.8 Å². The van der Waals surface area contributed by atoms with Crippen LogP contribution in [0, 0.1) is 6.92 Å². The first-order valence-electron chi connectivity index (χ1n) is 12.0. The van der Waals surface area contributed by atoms with Crippen LogP contribution in [0.1, 0.15) is 28.8 Å². The molecule has 0 bridgehead atoms. The summed E-state index contributed by atoms with van der Waals surface area (Å²) in [7, 11) is 0. The van der Waals surface area contributed by atoms with Crippen molar-refractivity contribution in [2.45, 2.75) is 25.8 Å². The van der Waals surface area contributed by atoms with Gasteiger partial charge in [0.15, 0.2) is 5.82 Å². The van der Waals surface area contributed by atoms with Crippen LogP contribution in [0.4, 0.5) is 5.82 Å². The number of aromatic nitrogens is 2. The average molecular weight is 490 g/mol. The summed E-state index contributed by atoms with van der Waals surface area (Å²) in [5.41, 5.74) is 3.33. The molecular formula is C27H28ClN5O2. The quantitative estimate of drug-likeness (QED) is 0.522. The summed E-state index contributed by atoms with van der Waals surface area (Å²) in [4.78, 5) is 31.9. The Morgan fingerprint density at radius 3 is 2.29 bits per heavy atom. The first kappa shape index (κ1) is 23.3. The number of nitrogens with zero attached hydrogens (tertiary/aromatic N) is 5. The third kappa shape index (κ3) is 5.30. The number of aryl methyl sites for hydroxylation is 1. The van der Waals surface area contributed by atoms with Crippen LogP contribution in [0.2, 0.25) is 5.02 Å². The first-order valence-corrected chi connectivity index (χ1v) is 12.4. The lowest BCUT2D eigenvalue weighted by molar-refractivity contribution is -0.132. The Morgan fingerprint density at radius 2 is 1.66 bits per heavy atom. The monoisotopic (exact) mass is 489 g/mol. The number of hydrogen-bond donors (Lipinski definition) is 0. The summed E-state index contributed by atoms with van der Waals surface area (Å²) in [6, 6.07) is 19.1. The molecule has 2 heterocycles. The molecule has 0 atom stereocenters. The molecule has 2 amide bonds. The second kappa shape index (κ2) is 10.0. The fourth-order valence-corrected chi connectivity index (χ4v) is 4.58. The van der Waals surface area contributed by atoms with E-state index in [0.717, 1.165) is 35.5 Å². The van der Waals surface area contributed by atoms with E-state index in [1.807, 2.05) is 72.5 Å². The van der Waals surface area contributed by atoms with Crippen LogP contribution in [0.5, 0.6) is 0 Å². The van der Waals surface area contributed by atoms with Crippen LogP contribution in [-0.4, -0.2) is 70.6 Å². The fraction of sp³-hybridized carbons (Fsp3) is 0.333. The van der Waals surface area contributed by atoms with Gasteiger partial charge in [-0.2, -0.15) is 0 Å². The average Bonchev–Trinajstić information content (AvgIpc) is 3.73. The van der Waals surface area contributed by atoms with Crippen molar-refractivity contribution in [1.82, 2.24) is 20.0 Å². The van der Waals surface area contributed by atoms with Gasteiger partial charge in [-0.15, -0.1) is 10.2 Å². The van der Waals surface area contributed by atoms with E-state index >= 15 is 0 Å². The first-order chi connectivity index (χ1) is 17.0. The van der Waals surface area contributed by atoms with Crippen molar-refractivity contribution in [2.24, 2.45) is 0 Å². The number of benzene rings is 2. The van der Waals surface area contributed by atoms with Crippen molar-refractivity contribution in [1.29, 1.82) is 0 Å². The largest absolute Gasteiger partial charge is 0.352 e. The summed E-state index contributed by atoms with van der Waals surface area (Å²) >= 11 is 6.27. The fourth-order valence-electron chi connectivity index (χ4n) is 4.35. The Hall–Kier alpha value is -3.45. The zero-order chi connectivity index (χ0) is 24.4. The van der Waals surface area contributed by atoms with Crippen LogP contribution in [0.3, 0.4) is 0 Å². The maximum absolute atomic E-state index is 13.1.